The van der Waals surface area contributed by atoms with Crippen molar-refractivity contribution < 1.29 is 17.9 Å². The molecule has 28 heavy (non-hydrogen) atoms. The monoisotopic (exact) mass is 402 g/mol. The number of ether oxygens (including phenoxy) is 1. The van der Waals surface area contributed by atoms with Crippen LogP contribution < -0.4 is 10.2 Å². The highest BCUT2D eigenvalue weighted by molar-refractivity contribution is 7.91. The van der Waals surface area contributed by atoms with E-state index in [1.165, 1.54) is 0 Å². The molecule has 0 aromatic heterocycles. The summed E-state index contributed by atoms with van der Waals surface area (Å²) in [7, 11) is -1.72. The molecule has 2 aromatic carbocycles. The highest BCUT2D eigenvalue weighted by Crippen LogP contribution is 2.23. The van der Waals surface area contributed by atoms with Gasteiger partial charge in [0.1, 0.15) is 0 Å². The van der Waals surface area contributed by atoms with Crippen molar-refractivity contribution in [3.8, 4) is 0 Å². The zero-order chi connectivity index (χ0) is 20.0. The first-order valence-corrected chi connectivity index (χ1v) is 11.1. The van der Waals surface area contributed by atoms with Crippen molar-refractivity contribution >= 4 is 27.1 Å². The molecule has 0 spiro atoms. The third-order valence-corrected chi connectivity index (χ3v) is 6.66. The molecule has 1 aliphatic heterocycles. The van der Waals surface area contributed by atoms with Crippen LogP contribution >= 0.6 is 0 Å². The number of benzene rings is 2. The Labute approximate surface area is 166 Å². The van der Waals surface area contributed by atoms with Crippen LogP contribution in [-0.2, 0) is 19.4 Å². The first-order chi connectivity index (χ1) is 13.5. The van der Waals surface area contributed by atoms with Crippen molar-refractivity contribution in [3.05, 3.63) is 54.6 Å². The molecule has 1 fully saturated rings. The Kier molecular flexibility index (Phi) is 6.70. The molecular weight excluding hydrogens is 376 g/mol. The number of carbonyl (C=O) groups excluding carboxylic acids is 1. The van der Waals surface area contributed by atoms with Crippen molar-refractivity contribution in [1.82, 2.24) is 0 Å². The first-order valence-electron chi connectivity index (χ1n) is 9.43. The molecule has 1 saturated heterocycles. The van der Waals surface area contributed by atoms with E-state index in [1.807, 2.05) is 24.3 Å². The van der Waals surface area contributed by atoms with Crippen LogP contribution in [0.2, 0.25) is 0 Å². The molecule has 0 saturated carbocycles. The van der Waals surface area contributed by atoms with E-state index in [0.29, 0.717) is 5.69 Å². The summed E-state index contributed by atoms with van der Waals surface area (Å²) in [5, 5.41) is 2.77. The maximum Gasteiger partial charge on any atom is 0.225 e. The Balaban J connectivity index is 1.53. The molecule has 1 aliphatic rings. The number of piperidine rings is 1. The summed E-state index contributed by atoms with van der Waals surface area (Å²) in [4.78, 5) is 14.7. The molecule has 150 valence electrons. The topological polar surface area (TPSA) is 75.7 Å². The van der Waals surface area contributed by atoms with Crippen LogP contribution in [0.3, 0.4) is 0 Å². The van der Waals surface area contributed by atoms with Crippen LogP contribution in [-0.4, -0.2) is 46.4 Å². The lowest BCUT2D eigenvalue weighted by Crippen LogP contribution is -2.39. The van der Waals surface area contributed by atoms with Gasteiger partial charge in [-0.05, 0) is 49.2 Å². The quantitative estimate of drug-likeness (QED) is 0.770. The number of carbonyl (C=O) groups is 1. The van der Waals surface area contributed by atoms with Crippen molar-refractivity contribution in [2.24, 2.45) is 0 Å². The van der Waals surface area contributed by atoms with Crippen LogP contribution in [0.5, 0.6) is 0 Å². The fourth-order valence-corrected chi connectivity index (χ4v) is 4.58. The molecule has 0 radical (unpaired) electrons. The normalized spacial score (nSPS) is 17.3. The number of hydrogen-bond acceptors (Lipinski definition) is 5. The molecule has 3 rings (SSSR count). The molecule has 1 N–H and O–H groups in total. The smallest absolute Gasteiger partial charge is 0.225 e. The summed E-state index contributed by atoms with van der Waals surface area (Å²) in [6.45, 7) is 1.85. The number of sulfone groups is 1. The van der Waals surface area contributed by atoms with Gasteiger partial charge in [-0.3, -0.25) is 4.79 Å². The standard InChI is InChI=1S/C21H26N2O4S/c1-27-19-6-5-14-23(16-19)18-11-9-17(10-12-18)22-21(24)13-15-28(25,26)20-7-3-2-4-8-20/h2-4,7-12,19H,5-6,13-16H2,1H3,(H,22,24). The number of amides is 1. The summed E-state index contributed by atoms with van der Waals surface area (Å²) in [6, 6.07) is 15.8. The lowest BCUT2D eigenvalue weighted by molar-refractivity contribution is -0.115. The van der Waals surface area contributed by atoms with Crippen LogP contribution in [0, 0.1) is 0 Å². The molecule has 6 nitrogen and oxygen atoms in total. The van der Waals surface area contributed by atoms with E-state index >= 15 is 0 Å². The van der Waals surface area contributed by atoms with E-state index < -0.39 is 9.84 Å². The average molecular weight is 403 g/mol. The van der Waals surface area contributed by atoms with Crippen molar-refractivity contribution in [3.63, 3.8) is 0 Å². The summed E-state index contributed by atoms with van der Waals surface area (Å²) < 4.78 is 30.0. The van der Waals surface area contributed by atoms with Crippen LogP contribution in [0.15, 0.2) is 59.5 Å². The third-order valence-electron chi connectivity index (χ3n) is 4.93. The number of methoxy groups -OCH3 is 1. The first kappa shape index (κ1) is 20.4. The van der Waals surface area contributed by atoms with Gasteiger partial charge >= 0.3 is 0 Å². The molecule has 7 heteroatoms. The second kappa shape index (κ2) is 9.21. The Morgan fingerprint density at radius 3 is 2.54 bits per heavy atom. The SMILES string of the molecule is COC1CCCN(c2ccc(NC(=O)CCS(=O)(=O)c3ccccc3)cc2)C1. The van der Waals surface area contributed by atoms with Gasteiger partial charge < -0.3 is 15.0 Å². The summed E-state index contributed by atoms with van der Waals surface area (Å²) in [5.74, 6) is -0.530. The van der Waals surface area contributed by atoms with Gasteiger partial charge in [-0.2, -0.15) is 0 Å². The summed E-state index contributed by atoms with van der Waals surface area (Å²) >= 11 is 0. The average Bonchev–Trinajstić information content (AvgIpc) is 2.73. The number of nitrogens with zero attached hydrogens (tertiary/aromatic N) is 1. The lowest BCUT2D eigenvalue weighted by atomic mass is 10.1. The van der Waals surface area contributed by atoms with Crippen LogP contribution in [0.4, 0.5) is 11.4 Å². The predicted molar refractivity (Wildman–Crippen MR) is 110 cm³/mol. The largest absolute Gasteiger partial charge is 0.380 e. The summed E-state index contributed by atoms with van der Waals surface area (Å²) in [5.41, 5.74) is 1.75. The zero-order valence-electron chi connectivity index (χ0n) is 16.0. The number of anilines is 2. The molecule has 0 aliphatic carbocycles. The molecule has 2 aromatic rings. The van der Waals surface area contributed by atoms with Crippen LogP contribution in [0.25, 0.3) is 0 Å². The van der Waals surface area contributed by atoms with Gasteiger partial charge in [-0.1, -0.05) is 18.2 Å². The molecule has 1 unspecified atom stereocenters. The van der Waals surface area contributed by atoms with Gasteiger partial charge in [0.2, 0.25) is 5.91 Å². The van der Waals surface area contributed by atoms with Gasteiger partial charge in [0.05, 0.1) is 16.8 Å². The van der Waals surface area contributed by atoms with Gasteiger partial charge in [-0.15, -0.1) is 0 Å². The Morgan fingerprint density at radius 2 is 1.86 bits per heavy atom. The van der Waals surface area contributed by atoms with E-state index in [4.69, 9.17) is 4.74 Å². The number of hydrogen-bond donors (Lipinski definition) is 1. The number of nitrogens with one attached hydrogen (secondary N) is 1. The van der Waals surface area contributed by atoms with E-state index in [2.05, 4.69) is 10.2 Å². The third kappa shape index (κ3) is 5.33. The van der Waals surface area contributed by atoms with Gasteiger partial charge in [0, 0.05) is 38.0 Å². The minimum absolute atomic E-state index is 0.0827. The van der Waals surface area contributed by atoms with Crippen molar-refractivity contribution in [2.75, 3.05) is 36.2 Å². The van der Waals surface area contributed by atoms with Gasteiger partial charge in [-0.25, -0.2) is 8.42 Å². The molecular formula is C21H26N2O4S. The maximum absolute atomic E-state index is 12.3. The van der Waals surface area contributed by atoms with Gasteiger partial charge in [0.15, 0.2) is 9.84 Å². The highest BCUT2D eigenvalue weighted by Gasteiger charge is 2.20. The minimum atomic E-state index is -3.46. The van der Waals surface area contributed by atoms with E-state index in [9.17, 15) is 13.2 Å². The number of rotatable bonds is 7. The summed E-state index contributed by atoms with van der Waals surface area (Å²) in [6.07, 6.45) is 2.33. The van der Waals surface area contributed by atoms with Crippen molar-refractivity contribution in [2.45, 2.75) is 30.3 Å². The van der Waals surface area contributed by atoms with Crippen LogP contribution in [0.1, 0.15) is 19.3 Å². The van der Waals surface area contributed by atoms with E-state index in [-0.39, 0.29) is 29.1 Å². The molecule has 0 bridgehead atoms. The molecule has 1 amide bonds. The molecule has 1 heterocycles. The maximum atomic E-state index is 12.3. The van der Waals surface area contributed by atoms with Gasteiger partial charge in [0.25, 0.3) is 0 Å². The fourth-order valence-electron chi connectivity index (χ4n) is 3.32. The predicted octanol–water partition coefficient (Wildman–Crippen LogP) is 3.10. The fraction of sp³-hybridized carbons (Fsp3) is 0.381. The second-order valence-electron chi connectivity index (χ2n) is 6.92. The Bertz CT molecular complexity index is 882. The Hall–Kier alpha value is -2.38. The zero-order valence-corrected chi connectivity index (χ0v) is 16.8. The lowest BCUT2D eigenvalue weighted by Gasteiger charge is -2.33. The Morgan fingerprint density at radius 1 is 1.14 bits per heavy atom. The van der Waals surface area contributed by atoms with E-state index in [1.54, 1.807) is 37.4 Å². The minimum Gasteiger partial charge on any atom is -0.380 e. The van der Waals surface area contributed by atoms with Crippen molar-refractivity contribution in [1.29, 1.82) is 0 Å². The highest BCUT2D eigenvalue weighted by atomic mass is 32.2. The second-order valence-corrected chi connectivity index (χ2v) is 9.03. The molecule has 1 atom stereocenters. The van der Waals surface area contributed by atoms with E-state index in [0.717, 1.165) is 31.6 Å².